The van der Waals surface area contributed by atoms with Gasteiger partial charge in [-0.3, -0.25) is 24.8 Å². The third kappa shape index (κ3) is 3.49. The van der Waals surface area contributed by atoms with Crippen LogP contribution in [0.15, 0.2) is 42.9 Å². The number of amides is 1. The van der Waals surface area contributed by atoms with E-state index < -0.39 is 5.91 Å². The van der Waals surface area contributed by atoms with E-state index in [1.165, 1.54) is 12.3 Å². The van der Waals surface area contributed by atoms with Gasteiger partial charge in [0.25, 0.3) is 5.91 Å². The lowest BCUT2D eigenvalue weighted by Crippen LogP contribution is -2.14. The van der Waals surface area contributed by atoms with Crippen molar-refractivity contribution in [3.8, 4) is 11.5 Å². The summed E-state index contributed by atoms with van der Waals surface area (Å²) in [6.07, 6.45) is 4.73. The fourth-order valence-electron chi connectivity index (χ4n) is 1.82. The van der Waals surface area contributed by atoms with E-state index in [1.807, 2.05) is 0 Å². The van der Waals surface area contributed by atoms with Gasteiger partial charge in [0.15, 0.2) is 0 Å². The van der Waals surface area contributed by atoms with Crippen molar-refractivity contribution in [3.05, 3.63) is 54.4 Å². The average Bonchev–Trinajstić information content (AvgIpc) is 2.86. The summed E-state index contributed by atoms with van der Waals surface area (Å²) in [4.78, 5) is 24.3. The molecule has 8 nitrogen and oxygen atoms in total. The molecule has 3 aromatic rings. The van der Waals surface area contributed by atoms with Crippen LogP contribution in [-0.2, 0) is 7.05 Å². The zero-order valence-electron chi connectivity index (χ0n) is 12.6. The van der Waals surface area contributed by atoms with Gasteiger partial charge < -0.3 is 4.74 Å². The quantitative estimate of drug-likeness (QED) is 0.791. The summed E-state index contributed by atoms with van der Waals surface area (Å²) in [6, 6.07) is 6.73. The van der Waals surface area contributed by atoms with Crippen molar-refractivity contribution in [1.82, 2.24) is 24.7 Å². The number of carbonyl (C=O) groups excluding carboxylic acids is 1. The van der Waals surface area contributed by atoms with Gasteiger partial charge >= 0.3 is 0 Å². The highest BCUT2D eigenvalue weighted by atomic mass is 16.5. The molecule has 0 saturated heterocycles. The molecule has 0 saturated carbocycles. The highest BCUT2D eigenvalue weighted by molar-refractivity contribution is 6.02. The molecule has 0 aliphatic rings. The Morgan fingerprint density at radius 2 is 2.13 bits per heavy atom. The minimum Gasteiger partial charge on any atom is -0.456 e. The first kappa shape index (κ1) is 14.6. The van der Waals surface area contributed by atoms with Crippen LogP contribution in [0.1, 0.15) is 16.3 Å². The maximum absolute atomic E-state index is 12.2. The van der Waals surface area contributed by atoms with Crippen LogP contribution in [-0.4, -0.2) is 30.6 Å². The fraction of sp³-hybridized carbons (Fsp3) is 0.133. The third-order valence-electron chi connectivity index (χ3n) is 3.04. The summed E-state index contributed by atoms with van der Waals surface area (Å²) in [7, 11) is 1.75. The number of rotatable bonds is 4. The van der Waals surface area contributed by atoms with Crippen molar-refractivity contribution in [1.29, 1.82) is 0 Å². The first-order valence-electron chi connectivity index (χ1n) is 6.85. The van der Waals surface area contributed by atoms with Gasteiger partial charge in [-0.15, -0.1) is 5.10 Å². The minimum absolute atomic E-state index is 0.205. The Kier molecular flexibility index (Phi) is 3.96. The van der Waals surface area contributed by atoms with Gasteiger partial charge in [-0.1, -0.05) is 0 Å². The SMILES string of the molecule is Cc1nc(NC(=O)c2cc(Oc3cccnc3)ccn2)nn1C. The summed E-state index contributed by atoms with van der Waals surface area (Å²) in [6.45, 7) is 1.79. The molecule has 0 radical (unpaired) electrons. The molecular weight excluding hydrogens is 296 g/mol. The Labute approximate surface area is 132 Å². The van der Waals surface area contributed by atoms with Crippen molar-refractivity contribution >= 4 is 11.9 Å². The summed E-state index contributed by atoms with van der Waals surface area (Å²) < 4.78 is 7.20. The molecular formula is C15H14N6O2. The van der Waals surface area contributed by atoms with Crippen LogP contribution < -0.4 is 10.1 Å². The smallest absolute Gasteiger partial charge is 0.276 e. The Bertz CT molecular complexity index is 811. The maximum atomic E-state index is 12.2. The molecule has 8 heteroatoms. The van der Waals surface area contributed by atoms with Crippen LogP contribution in [0.5, 0.6) is 11.5 Å². The zero-order valence-corrected chi connectivity index (χ0v) is 12.6. The number of hydrogen-bond donors (Lipinski definition) is 1. The Balaban J connectivity index is 1.75. The van der Waals surface area contributed by atoms with Crippen LogP contribution in [0, 0.1) is 6.92 Å². The molecule has 0 atom stereocenters. The minimum atomic E-state index is -0.410. The molecule has 0 spiro atoms. The van der Waals surface area contributed by atoms with Gasteiger partial charge in [0.05, 0.1) is 6.20 Å². The van der Waals surface area contributed by atoms with Crippen LogP contribution >= 0.6 is 0 Å². The van der Waals surface area contributed by atoms with Crippen LogP contribution in [0.3, 0.4) is 0 Å². The second kappa shape index (κ2) is 6.22. The van der Waals surface area contributed by atoms with Crippen LogP contribution in [0.4, 0.5) is 5.95 Å². The van der Waals surface area contributed by atoms with Gasteiger partial charge in [0.2, 0.25) is 5.95 Å². The summed E-state index contributed by atoms with van der Waals surface area (Å²) >= 11 is 0. The van der Waals surface area contributed by atoms with Gasteiger partial charge in [-0.25, -0.2) is 0 Å². The zero-order chi connectivity index (χ0) is 16.2. The summed E-state index contributed by atoms with van der Waals surface area (Å²) in [5.41, 5.74) is 0.205. The van der Waals surface area contributed by atoms with Crippen LogP contribution in [0.2, 0.25) is 0 Å². The number of pyridine rings is 2. The Hall–Kier alpha value is -3.29. The number of aryl methyl sites for hydroxylation is 2. The molecule has 3 heterocycles. The molecule has 0 bridgehead atoms. The molecule has 3 aromatic heterocycles. The monoisotopic (exact) mass is 310 g/mol. The molecule has 0 aromatic carbocycles. The molecule has 1 amide bonds. The van der Waals surface area contributed by atoms with Gasteiger partial charge in [0.1, 0.15) is 23.0 Å². The number of hydrogen-bond acceptors (Lipinski definition) is 6. The van der Waals surface area contributed by atoms with E-state index in [0.717, 1.165) is 0 Å². The van der Waals surface area contributed by atoms with Gasteiger partial charge in [-0.05, 0) is 25.1 Å². The predicted octanol–water partition coefficient (Wildman–Crippen LogP) is 1.96. The first-order chi connectivity index (χ1) is 11.1. The van der Waals surface area contributed by atoms with E-state index in [1.54, 1.807) is 49.2 Å². The topological polar surface area (TPSA) is 94.8 Å². The predicted molar refractivity (Wildman–Crippen MR) is 82.2 cm³/mol. The molecule has 0 aliphatic carbocycles. The molecule has 0 aliphatic heterocycles. The highest BCUT2D eigenvalue weighted by Gasteiger charge is 2.12. The standard InChI is InChI=1S/C15H14N6O2/c1-10-18-15(20-21(10)2)19-14(22)13-8-11(5-7-17-13)23-12-4-3-6-16-9-12/h3-9H,1-2H3,(H,19,20,22). The number of nitrogens with one attached hydrogen (secondary N) is 1. The van der Waals surface area contributed by atoms with E-state index in [0.29, 0.717) is 17.3 Å². The lowest BCUT2D eigenvalue weighted by molar-refractivity contribution is 0.102. The van der Waals surface area contributed by atoms with E-state index >= 15 is 0 Å². The van der Waals surface area contributed by atoms with E-state index in [9.17, 15) is 4.79 Å². The van der Waals surface area contributed by atoms with Gasteiger partial charge in [-0.2, -0.15) is 4.98 Å². The molecule has 0 unspecified atom stereocenters. The second-order valence-electron chi connectivity index (χ2n) is 4.73. The normalized spacial score (nSPS) is 10.3. The molecule has 23 heavy (non-hydrogen) atoms. The highest BCUT2D eigenvalue weighted by Crippen LogP contribution is 2.20. The number of ether oxygens (including phenoxy) is 1. The largest absolute Gasteiger partial charge is 0.456 e. The maximum Gasteiger partial charge on any atom is 0.276 e. The van der Waals surface area contributed by atoms with Crippen molar-refractivity contribution in [2.75, 3.05) is 5.32 Å². The molecule has 1 N–H and O–H groups in total. The third-order valence-corrected chi connectivity index (χ3v) is 3.04. The Morgan fingerprint density at radius 3 is 2.83 bits per heavy atom. The number of carbonyl (C=O) groups is 1. The average molecular weight is 310 g/mol. The number of aromatic nitrogens is 5. The lowest BCUT2D eigenvalue weighted by Gasteiger charge is -2.06. The first-order valence-corrected chi connectivity index (χ1v) is 6.85. The number of anilines is 1. The fourth-order valence-corrected chi connectivity index (χ4v) is 1.82. The second-order valence-corrected chi connectivity index (χ2v) is 4.73. The van der Waals surface area contributed by atoms with Gasteiger partial charge in [0, 0.05) is 25.5 Å². The van der Waals surface area contributed by atoms with Crippen molar-refractivity contribution in [3.63, 3.8) is 0 Å². The van der Waals surface area contributed by atoms with E-state index in [2.05, 4.69) is 25.4 Å². The van der Waals surface area contributed by atoms with Crippen LogP contribution in [0.25, 0.3) is 0 Å². The Morgan fingerprint density at radius 1 is 1.26 bits per heavy atom. The lowest BCUT2D eigenvalue weighted by atomic mass is 10.3. The summed E-state index contributed by atoms with van der Waals surface area (Å²) in [5.74, 6) is 1.58. The number of nitrogens with zero attached hydrogens (tertiary/aromatic N) is 5. The van der Waals surface area contributed by atoms with E-state index in [4.69, 9.17) is 4.74 Å². The molecule has 3 rings (SSSR count). The molecule has 116 valence electrons. The van der Waals surface area contributed by atoms with E-state index in [-0.39, 0.29) is 11.6 Å². The molecule has 0 fully saturated rings. The van der Waals surface area contributed by atoms with Crippen molar-refractivity contribution in [2.24, 2.45) is 7.05 Å². The van der Waals surface area contributed by atoms with Crippen molar-refractivity contribution in [2.45, 2.75) is 6.92 Å². The van der Waals surface area contributed by atoms with Crippen molar-refractivity contribution < 1.29 is 9.53 Å². The summed E-state index contributed by atoms with van der Waals surface area (Å²) in [5, 5.41) is 6.67.